The van der Waals surface area contributed by atoms with Crippen molar-refractivity contribution in [3.63, 3.8) is 0 Å². The van der Waals surface area contributed by atoms with Crippen molar-refractivity contribution in [1.29, 1.82) is 0 Å². The molecule has 2 fully saturated rings. The van der Waals surface area contributed by atoms with Gasteiger partial charge in [0, 0.05) is 25.4 Å². The Morgan fingerprint density at radius 1 is 1.29 bits per heavy atom. The monoisotopic (exact) mass is 319 g/mol. The molecule has 1 aliphatic heterocycles. The molecule has 124 valence electrons. The average Bonchev–Trinajstić information content (AvgIpc) is 2.46. The number of hydrogen-bond acceptors (Lipinski definition) is 5. The summed E-state index contributed by atoms with van der Waals surface area (Å²) >= 11 is 0. The summed E-state index contributed by atoms with van der Waals surface area (Å²) in [6.07, 6.45) is 3.63. The molecule has 5 nitrogen and oxygen atoms in total. The predicted molar refractivity (Wildman–Crippen MR) is 83.0 cm³/mol. The smallest absolute Gasteiger partial charge is 0.150 e. The average molecular weight is 319 g/mol. The third kappa shape index (κ3) is 4.41. The van der Waals surface area contributed by atoms with Crippen LogP contribution >= 0.6 is 0 Å². The molecule has 0 aromatic rings. The molecular weight excluding hydrogens is 290 g/mol. The van der Waals surface area contributed by atoms with Crippen LogP contribution in [0.25, 0.3) is 0 Å². The molecule has 4 atom stereocenters. The zero-order chi connectivity index (χ0) is 15.6. The van der Waals surface area contributed by atoms with Gasteiger partial charge in [-0.1, -0.05) is 6.42 Å². The highest BCUT2D eigenvalue weighted by molar-refractivity contribution is 7.91. The molecule has 6 heteroatoms. The third-order valence-corrected chi connectivity index (χ3v) is 6.63. The van der Waals surface area contributed by atoms with Crippen molar-refractivity contribution in [2.75, 3.05) is 26.0 Å². The Labute approximate surface area is 128 Å². The van der Waals surface area contributed by atoms with Crippen molar-refractivity contribution in [3.05, 3.63) is 0 Å². The van der Waals surface area contributed by atoms with Crippen LogP contribution in [0.15, 0.2) is 0 Å². The van der Waals surface area contributed by atoms with Crippen LogP contribution in [-0.2, 0) is 14.6 Å². The zero-order valence-corrected chi connectivity index (χ0v) is 14.2. The van der Waals surface area contributed by atoms with Crippen LogP contribution in [-0.4, -0.2) is 67.9 Å². The normalized spacial score (nSPS) is 34.0. The number of sulfone groups is 1. The SMILES string of the molecule is CC(C)N1CCOC(C(O)C2CCCC(S(C)(=O)=O)C2)C1. The van der Waals surface area contributed by atoms with Gasteiger partial charge in [-0.3, -0.25) is 4.90 Å². The molecule has 4 unspecified atom stereocenters. The number of aliphatic hydroxyl groups excluding tert-OH is 1. The molecule has 1 saturated carbocycles. The van der Waals surface area contributed by atoms with E-state index in [1.807, 2.05) is 0 Å². The van der Waals surface area contributed by atoms with Crippen LogP contribution in [0.4, 0.5) is 0 Å². The van der Waals surface area contributed by atoms with Gasteiger partial charge in [-0.15, -0.1) is 0 Å². The molecule has 1 heterocycles. The second-order valence-electron chi connectivity index (χ2n) is 6.87. The van der Waals surface area contributed by atoms with Crippen molar-refractivity contribution in [2.24, 2.45) is 5.92 Å². The Hall–Kier alpha value is -0.170. The highest BCUT2D eigenvalue weighted by Crippen LogP contribution is 2.32. The second kappa shape index (κ2) is 6.94. The van der Waals surface area contributed by atoms with E-state index in [0.29, 0.717) is 19.1 Å². The molecule has 0 bridgehead atoms. The van der Waals surface area contributed by atoms with Crippen molar-refractivity contribution >= 4 is 9.84 Å². The van der Waals surface area contributed by atoms with Crippen LogP contribution in [0.1, 0.15) is 39.5 Å². The van der Waals surface area contributed by atoms with E-state index in [-0.39, 0.29) is 17.3 Å². The number of nitrogens with zero attached hydrogens (tertiary/aromatic N) is 1. The first-order valence-electron chi connectivity index (χ1n) is 8.01. The van der Waals surface area contributed by atoms with Crippen molar-refractivity contribution in [3.8, 4) is 0 Å². The van der Waals surface area contributed by atoms with E-state index in [1.54, 1.807) is 0 Å². The van der Waals surface area contributed by atoms with E-state index in [1.165, 1.54) is 6.26 Å². The summed E-state index contributed by atoms with van der Waals surface area (Å²) in [7, 11) is -3.01. The molecule has 0 amide bonds. The van der Waals surface area contributed by atoms with E-state index in [4.69, 9.17) is 4.74 Å². The van der Waals surface area contributed by atoms with Crippen molar-refractivity contribution < 1.29 is 18.3 Å². The minimum Gasteiger partial charge on any atom is -0.390 e. The van der Waals surface area contributed by atoms with Crippen LogP contribution in [0, 0.1) is 5.92 Å². The summed E-state index contributed by atoms with van der Waals surface area (Å²) in [5, 5.41) is 10.3. The fraction of sp³-hybridized carbons (Fsp3) is 1.00. The van der Waals surface area contributed by atoms with Crippen molar-refractivity contribution in [2.45, 2.75) is 63.0 Å². The Balaban J connectivity index is 1.97. The number of rotatable bonds is 4. The van der Waals surface area contributed by atoms with Gasteiger partial charge in [-0.05, 0) is 39.0 Å². The largest absolute Gasteiger partial charge is 0.390 e. The first-order valence-corrected chi connectivity index (χ1v) is 9.97. The van der Waals surface area contributed by atoms with Crippen LogP contribution in [0.5, 0.6) is 0 Å². The first kappa shape index (κ1) is 17.2. The lowest BCUT2D eigenvalue weighted by atomic mass is 9.82. The fourth-order valence-corrected chi connectivity index (χ4v) is 4.75. The lowest BCUT2D eigenvalue weighted by Crippen LogP contribution is -2.52. The lowest BCUT2D eigenvalue weighted by Gasteiger charge is -2.41. The molecule has 0 spiro atoms. The molecule has 1 aliphatic carbocycles. The maximum Gasteiger partial charge on any atom is 0.150 e. The first-order chi connectivity index (χ1) is 9.79. The number of hydrogen-bond donors (Lipinski definition) is 1. The molecule has 0 aromatic carbocycles. The van der Waals surface area contributed by atoms with E-state index >= 15 is 0 Å². The van der Waals surface area contributed by atoms with Gasteiger partial charge in [0.15, 0.2) is 0 Å². The van der Waals surface area contributed by atoms with Gasteiger partial charge in [-0.25, -0.2) is 8.42 Å². The molecule has 1 saturated heterocycles. The summed E-state index contributed by atoms with van der Waals surface area (Å²) in [6, 6.07) is 0.443. The van der Waals surface area contributed by atoms with Gasteiger partial charge < -0.3 is 9.84 Å². The minimum absolute atomic E-state index is 0.0376. The second-order valence-corrected chi connectivity index (χ2v) is 9.19. The molecular formula is C15H29NO4S. The third-order valence-electron chi connectivity index (χ3n) is 4.99. The zero-order valence-electron chi connectivity index (χ0n) is 13.4. The predicted octanol–water partition coefficient (Wildman–Crippen LogP) is 1.06. The summed E-state index contributed by atoms with van der Waals surface area (Å²) in [6.45, 7) is 6.57. The number of ether oxygens (including phenoxy) is 1. The lowest BCUT2D eigenvalue weighted by molar-refractivity contribution is -0.114. The van der Waals surface area contributed by atoms with Gasteiger partial charge in [0.1, 0.15) is 9.84 Å². The summed E-state index contributed by atoms with van der Waals surface area (Å²) < 4.78 is 29.3. The maximum atomic E-state index is 11.8. The van der Waals surface area contributed by atoms with Gasteiger partial charge in [0.25, 0.3) is 0 Å². The standard InChI is InChI=1S/C15H29NO4S/c1-11(2)16-7-8-20-14(10-16)15(17)12-5-4-6-13(9-12)21(3,18)19/h11-15,17H,4-10H2,1-3H3. The van der Waals surface area contributed by atoms with E-state index < -0.39 is 15.9 Å². The molecule has 21 heavy (non-hydrogen) atoms. The molecule has 0 radical (unpaired) electrons. The van der Waals surface area contributed by atoms with Crippen molar-refractivity contribution in [1.82, 2.24) is 4.90 Å². The maximum absolute atomic E-state index is 11.8. The Morgan fingerprint density at radius 2 is 2.00 bits per heavy atom. The van der Waals surface area contributed by atoms with Gasteiger partial charge in [0.05, 0.1) is 24.1 Å². The Bertz CT molecular complexity index is 437. The molecule has 1 N–H and O–H groups in total. The van der Waals surface area contributed by atoms with Gasteiger partial charge >= 0.3 is 0 Å². The molecule has 2 aliphatic rings. The highest BCUT2D eigenvalue weighted by atomic mass is 32.2. The summed E-state index contributed by atoms with van der Waals surface area (Å²) in [5.41, 5.74) is 0. The summed E-state index contributed by atoms with van der Waals surface area (Å²) in [5.74, 6) is 0.0376. The highest BCUT2D eigenvalue weighted by Gasteiger charge is 2.37. The number of aliphatic hydroxyl groups is 1. The van der Waals surface area contributed by atoms with E-state index in [0.717, 1.165) is 32.4 Å². The molecule has 0 aromatic heterocycles. The van der Waals surface area contributed by atoms with Gasteiger partial charge in [-0.2, -0.15) is 0 Å². The fourth-order valence-electron chi connectivity index (χ4n) is 3.56. The van der Waals surface area contributed by atoms with E-state index in [9.17, 15) is 13.5 Å². The van der Waals surface area contributed by atoms with Gasteiger partial charge in [0.2, 0.25) is 0 Å². The minimum atomic E-state index is -3.01. The summed E-state index contributed by atoms with van der Waals surface area (Å²) in [4.78, 5) is 2.31. The number of morpholine rings is 1. The Morgan fingerprint density at radius 3 is 2.62 bits per heavy atom. The quantitative estimate of drug-likeness (QED) is 0.839. The Kier molecular flexibility index (Phi) is 5.68. The van der Waals surface area contributed by atoms with Crippen LogP contribution < -0.4 is 0 Å². The van der Waals surface area contributed by atoms with Crippen LogP contribution in [0.2, 0.25) is 0 Å². The topological polar surface area (TPSA) is 66.8 Å². The van der Waals surface area contributed by atoms with E-state index in [2.05, 4.69) is 18.7 Å². The molecule has 2 rings (SSSR count). The van der Waals surface area contributed by atoms with Crippen LogP contribution in [0.3, 0.4) is 0 Å².